The van der Waals surface area contributed by atoms with Crippen molar-refractivity contribution in [2.45, 2.75) is 78.6 Å². The Morgan fingerprint density at radius 1 is 0.700 bits per heavy atom. The number of rotatable bonds is 1. The van der Waals surface area contributed by atoms with Gasteiger partial charge in [0.15, 0.2) is 0 Å². The molecule has 1 N–H and O–H groups in total. The van der Waals surface area contributed by atoms with Crippen LogP contribution in [0.5, 0.6) is 0 Å². The molecule has 113 valence electrons. The van der Waals surface area contributed by atoms with Crippen LogP contribution in [0.1, 0.15) is 79.0 Å². The van der Waals surface area contributed by atoms with Crippen molar-refractivity contribution in [2.75, 3.05) is 5.48 Å². The largest absolute Gasteiger partial charge is 0.233 e. The van der Waals surface area contributed by atoms with Gasteiger partial charge in [-0.15, -0.1) is 0 Å². The second-order valence-corrected chi connectivity index (χ2v) is 8.80. The van der Waals surface area contributed by atoms with Gasteiger partial charge in [-0.05, 0) is 32.9 Å². The third kappa shape index (κ3) is 3.54. The first-order valence-corrected chi connectivity index (χ1v) is 7.36. The van der Waals surface area contributed by atoms with Gasteiger partial charge in [0.25, 0.3) is 0 Å². The van der Waals surface area contributed by atoms with Crippen LogP contribution in [0.4, 0.5) is 5.69 Å². The molecule has 1 aromatic carbocycles. The maximum absolute atomic E-state index is 11.6. The quantitative estimate of drug-likeness (QED) is 0.690. The van der Waals surface area contributed by atoms with E-state index < -0.39 is 0 Å². The van der Waals surface area contributed by atoms with Gasteiger partial charge in [-0.1, -0.05) is 79.7 Å². The summed E-state index contributed by atoms with van der Waals surface area (Å²) in [6, 6.07) is 4.38. The number of anilines is 1. The summed E-state index contributed by atoms with van der Waals surface area (Å²) in [6.45, 7) is 19.6. The fraction of sp³-hybridized carbons (Fsp3) is 0.667. The zero-order valence-electron chi connectivity index (χ0n) is 14.6. The van der Waals surface area contributed by atoms with E-state index in [2.05, 4.69) is 79.9 Å². The Hall–Kier alpha value is -1.02. The first-order valence-electron chi connectivity index (χ1n) is 7.36. The van der Waals surface area contributed by atoms with E-state index in [4.69, 9.17) is 0 Å². The van der Waals surface area contributed by atoms with Crippen LogP contribution < -0.4 is 5.48 Å². The first-order chi connectivity index (χ1) is 8.78. The number of hydrogen-bond acceptors (Lipinski definition) is 1. The van der Waals surface area contributed by atoms with Gasteiger partial charge in [0, 0.05) is 0 Å². The van der Waals surface area contributed by atoms with Crippen LogP contribution >= 0.6 is 0 Å². The van der Waals surface area contributed by atoms with Crippen molar-refractivity contribution < 1.29 is 5.21 Å². The molecule has 0 aliphatic heterocycles. The van der Waals surface area contributed by atoms with Crippen molar-refractivity contribution in [2.24, 2.45) is 0 Å². The average molecular weight is 276 g/mol. The van der Waals surface area contributed by atoms with Crippen molar-refractivity contribution >= 4 is 5.69 Å². The second-order valence-electron chi connectivity index (χ2n) is 8.80. The van der Waals surface area contributed by atoms with Crippen LogP contribution in [-0.2, 0) is 21.5 Å². The van der Waals surface area contributed by atoms with Gasteiger partial charge < -0.3 is 0 Å². The van der Waals surface area contributed by atoms with Gasteiger partial charge >= 0.3 is 0 Å². The Balaban J connectivity index is 3.75. The molecule has 0 amide bonds. The number of hydrogen-bond donors (Lipinski definition) is 1. The van der Waals surface area contributed by atoms with Crippen molar-refractivity contribution in [3.05, 3.63) is 28.8 Å². The van der Waals surface area contributed by atoms with Crippen molar-refractivity contribution in [3.8, 4) is 0 Å². The van der Waals surface area contributed by atoms with Crippen LogP contribution in [0.2, 0.25) is 0 Å². The summed E-state index contributed by atoms with van der Waals surface area (Å²) in [4.78, 5) is 0. The fourth-order valence-corrected chi connectivity index (χ4v) is 2.37. The molecule has 1 aromatic rings. The maximum atomic E-state index is 11.6. The molecule has 0 saturated carbocycles. The SMILES string of the molecule is CC(C)(C)c1cc(C(C)(C)C)c(N[O])c(C(C)(C)C)c1. The molecule has 0 bridgehead atoms. The lowest BCUT2D eigenvalue weighted by Gasteiger charge is -2.32. The molecule has 0 aliphatic carbocycles. The van der Waals surface area contributed by atoms with Gasteiger partial charge in [0.1, 0.15) is 0 Å². The summed E-state index contributed by atoms with van der Waals surface area (Å²) in [6.07, 6.45) is 0. The highest BCUT2D eigenvalue weighted by molar-refractivity contribution is 5.63. The highest BCUT2D eigenvalue weighted by Gasteiger charge is 2.29. The van der Waals surface area contributed by atoms with E-state index in [9.17, 15) is 5.21 Å². The van der Waals surface area contributed by atoms with E-state index in [1.165, 1.54) is 5.56 Å². The molecule has 0 heterocycles. The Morgan fingerprint density at radius 3 is 1.25 bits per heavy atom. The topological polar surface area (TPSA) is 31.9 Å². The molecule has 2 nitrogen and oxygen atoms in total. The average Bonchev–Trinajstić information content (AvgIpc) is 2.23. The minimum atomic E-state index is -0.0615. The molecule has 0 spiro atoms. The van der Waals surface area contributed by atoms with Crippen LogP contribution in [0.15, 0.2) is 12.1 Å². The lowest BCUT2D eigenvalue weighted by Crippen LogP contribution is -2.23. The molecule has 0 aliphatic rings. The predicted octanol–water partition coefficient (Wildman–Crippen LogP) is 5.34. The van der Waals surface area contributed by atoms with Gasteiger partial charge in [0.05, 0.1) is 5.69 Å². The molecule has 0 aromatic heterocycles. The fourth-order valence-electron chi connectivity index (χ4n) is 2.37. The summed E-state index contributed by atoms with van der Waals surface area (Å²) < 4.78 is 0. The van der Waals surface area contributed by atoms with Crippen molar-refractivity contribution in [1.29, 1.82) is 0 Å². The summed E-state index contributed by atoms with van der Waals surface area (Å²) >= 11 is 0. The molecule has 0 saturated heterocycles. The van der Waals surface area contributed by atoms with E-state index in [0.717, 1.165) is 16.8 Å². The number of nitrogens with one attached hydrogen (secondary N) is 1. The Morgan fingerprint density at radius 2 is 1.05 bits per heavy atom. The molecule has 1 radical (unpaired) electrons. The smallest absolute Gasteiger partial charge is 0.0710 e. The summed E-state index contributed by atoms with van der Waals surface area (Å²) in [5.41, 5.74) is 6.39. The minimum Gasteiger partial charge on any atom is -0.233 e. The highest BCUT2D eigenvalue weighted by atomic mass is 16.5. The van der Waals surface area contributed by atoms with Gasteiger partial charge in [-0.2, -0.15) is 0 Å². The van der Waals surface area contributed by atoms with E-state index in [1.807, 2.05) is 0 Å². The highest BCUT2D eigenvalue weighted by Crippen LogP contribution is 2.41. The van der Waals surface area contributed by atoms with E-state index in [1.54, 1.807) is 0 Å². The summed E-state index contributed by atoms with van der Waals surface area (Å²) in [5, 5.41) is 11.6. The molecule has 2 heteroatoms. The van der Waals surface area contributed by atoms with E-state index >= 15 is 0 Å². The Labute approximate surface area is 124 Å². The van der Waals surface area contributed by atoms with Gasteiger partial charge in [0.2, 0.25) is 0 Å². The zero-order valence-corrected chi connectivity index (χ0v) is 14.6. The second kappa shape index (κ2) is 5.07. The van der Waals surface area contributed by atoms with Crippen LogP contribution in [0.25, 0.3) is 0 Å². The van der Waals surface area contributed by atoms with Crippen LogP contribution in [0, 0.1) is 0 Å². The third-order valence-electron chi connectivity index (χ3n) is 3.72. The third-order valence-corrected chi connectivity index (χ3v) is 3.72. The van der Waals surface area contributed by atoms with Crippen molar-refractivity contribution in [3.63, 3.8) is 0 Å². The first kappa shape index (κ1) is 17.0. The minimum absolute atomic E-state index is 0.0615. The Bertz CT molecular complexity index is 447. The molecule has 0 fully saturated rings. The van der Waals surface area contributed by atoms with E-state index in [0.29, 0.717) is 0 Å². The molecule has 0 unspecified atom stereocenters. The normalized spacial score (nSPS) is 13.5. The molecular formula is C18H30NO. The monoisotopic (exact) mass is 276 g/mol. The standard InChI is InChI=1S/C18H30NO/c1-16(2,3)12-10-13(17(4,5)6)15(19-20)14(11-12)18(7,8)9/h10-11,19H,1-9H3. The molecular weight excluding hydrogens is 246 g/mol. The zero-order chi connectivity index (χ0) is 15.9. The summed E-state index contributed by atoms with van der Waals surface area (Å²) in [5.74, 6) is 0. The molecule has 1 rings (SSSR count). The number of benzene rings is 1. The lowest BCUT2D eigenvalue weighted by molar-refractivity contribution is 0.271. The maximum Gasteiger partial charge on any atom is 0.0710 e. The molecule has 0 atom stereocenters. The molecule has 20 heavy (non-hydrogen) atoms. The van der Waals surface area contributed by atoms with Crippen LogP contribution in [0.3, 0.4) is 0 Å². The van der Waals surface area contributed by atoms with Crippen molar-refractivity contribution in [1.82, 2.24) is 0 Å². The predicted molar refractivity (Wildman–Crippen MR) is 86.9 cm³/mol. The Kier molecular flexibility index (Phi) is 4.32. The van der Waals surface area contributed by atoms with E-state index in [-0.39, 0.29) is 16.2 Å². The lowest BCUT2D eigenvalue weighted by atomic mass is 9.74. The van der Waals surface area contributed by atoms with Gasteiger partial charge in [-0.25, -0.2) is 5.48 Å². The summed E-state index contributed by atoms with van der Waals surface area (Å²) in [7, 11) is 0. The van der Waals surface area contributed by atoms with Crippen LogP contribution in [-0.4, -0.2) is 0 Å². The van der Waals surface area contributed by atoms with Gasteiger partial charge in [-0.3, -0.25) is 0 Å².